The molecular formula is C35H48N4O4. The first-order valence-electron chi connectivity index (χ1n) is 16.7. The molecule has 9 rings (SSSR count). The van der Waals surface area contributed by atoms with Gasteiger partial charge in [0.1, 0.15) is 0 Å². The Morgan fingerprint density at radius 3 is 1.88 bits per heavy atom. The van der Waals surface area contributed by atoms with Crippen molar-refractivity contribution in [3.05, 3.63) is 48.5 Å². The second-order valence-corrected chi connectivity index (χ2v) is 14.0. The van der Waals surface area contributed by atoms with E-state index < -0.39 is 6.09 Å². The molecule has 4 saturated carbocycles. The van der Waals surface area contributed by atoms with E-state index in [-0.39, 0.29) is 5.60 Å². The number of fused-ring (bicyclic) bond motifs is 1. The highest BCUT2D eigenvalue weighted by Gasteiger charge is 2.49. The summed E-state index contributed by atoms with van der Waals surface area (Å²) < 4.78 is 6.35. The highest BCUT2D eigenvalue weighted by atomic mass is 16.5. The molecule has 4 bridgehead atoms. The number of hydrogen-bond acceptors (Lipinski definition) is 6. The van der Waals surface area contributed by atoms with E-state index >= 15 is 0 Å². The summed E-state index contributed by atoms with van der Waals surface area (Å²) in [5.74, 6) is 2.68. The lowest BCUT2D eigenvalue weighted by molar-refractivity contribution is -0.124. The lowest BCUT2D eigenvalue weighted by atomic mass is 9.54. The van der Waals surface area contributed by atoms with E-state index in [4.69, 9.17) is 4.74 Å². The average Bonchev–Trinajstić information content (AvgIpc) is 3.01. The monoisotopic (exact) mass is 588 g/mol. The maximum atomic E-state index is 11.6. The van der Waals surface area contributed by atoms with Crippen molar-refractivity contribution >= 4 is 28.8 Å². The van der Waals surface area contributed by atoms with Crippen molar-refractivity contribution in [3.63, 3.8) is 0 Å². The number of hydrogen-bond donors (Lipinski definition) is 3. The van der Waals surface area contributed by atoms with Gasteiger partial charge in [-0.3, -0.25) is 4.90 Å². The number of rotatable bonds is 4. The third-order valence-corrected chi connectivity index (χ3v) is 10.9. The van der Waals surface area contributed by atoms with Crippen LogP contribution >= 0.6 is 0 Å². The minimum atomic E-state index is -0.903. The zero-order chi connectivity index (χ0) is 29.4. The van der Waals surface area contributed by atoms with E-state index in [1.807, 2.05) is 24.3 Å². The maximum Gasteiger partial charge on any atom is 0.411 e. The average molecular weight is 589 g/mol. The van der Waals surface area contributed by atoms with Crippen LogP contribution in [0.3, 0.4) is 0 Å². The summed E-state index contributed by atoms with van der Waals surface area (Å²) >= 11 is 0. The molecule has 3 heterocycles. The van der Waals surface area contributed by atoms with Crippen molar-refractivity contribution in [2.24, 2.45) is 17.8 Å². The molecular weight excluding hydrogens is 540 g/mol. The molecule has 0 atom stereocenters. The van der Waals surface area contributed by atoms with Crippen LogP contribution in [0.4, 0.5) is 27.5 Å². The van der Waals surface area contributed by atoms with Crippen LogP contribution in [0.15, 0.2) is 48.5 Å². The standard InChI is InChI=1S/C25H32N4O3.C10H16O/c30-25(31)29-18-17-28(23-3-1-2-4-24(23)29)20-7-5-19(6-8-20)27-15-11-22(12-16-27)32-21-9-13-26-14-10-21;11-10-4-7-1-8(5-10)3-9(2-7)6-10/h1-8,21-22,26H,9-18H2,(H,30,31);7-9,11H,1-6H2. The Morgan fingerprint density at radius 2 is 1.30 bits per heavy atom. The molecule has 0 unspecified atom stereocenters. The quantitative estimate of drug-likeness (QED) is 0.403. The molecule has 2 aromatic carbocycles. The molecule has 2 aromatic rings. The molecule has 6 fully saturated rings. The van der Waals surface area contributed by atoms with Crippen molar-refractivity contribution in [2.45, 2.75) is 82.0 Å². The van der Waals surface area contributed by atoms with Gasteiger partial charge in [-0.15, -0.1) is 0 Å². The second kappa shape index (κ2) is 12.3. The molecule has 8 heteroatoms. The highest BCUT2D eigenvalue weighted by molar-refractivity contribution is 5.94. The van der Waals surface area contributed by atoms with Crippen LogP contribution in [0, 0.1) is 17.8 Å². The molecule has 2 saturated heterocycles. The molecule has 8 nitrogen and oxygen atoms in total. The normalized spacial score (nSPS) is 30.5. The highest BCUT2D eigenvalue weighted by Crippen LogP contribution is 2.55. The number of anilines is 4. The molecule has 4 aliphatic carbocycles. The second-order valence-electron chi connectivity index (χ2n) is 14.0. The van der Waals surface area contributed by atoms with Gasteiger partial charge in [-0.2, -0.15) is 0 Å². The number of piperidine rings is 2. The van der Waals surface area contributed by atoms with Crippen LogP contribution in [0.25, 0.3) is 0 Å². The van der Waals surface area contributed by atoms with Gasteiger partial charge in [0.25, 0.3) is 0 Å². The third-order valence-electron chi connectivity index (χ3n) is 10.9. The molecule has 1 amide bonds. The van der Waals surface area contributed by atoms with Gasteiger partial charge in [0.15, 0.2) is 0 Å². The molecule has 3 aliphatic heterocycles. The molecule has 7 aliphatic rings. The summed E-state index contributed by atoms with van der Waals surface area (Å²) in [6.07, 6.45) is 12.0. The van der Waals surface area contributed by atoms with Crippen LogP contribution in [-0.2, 0) is 4.74 Å². The van der Waals surface area contributed by atoms with E-state index in [0.717, 1.165) is 106 Å². The lowest BCUT2D eigenvalue weighted by Crippen LogP contribution is -2.50. The van der Waals surface area contributed by atoms with Gasteiger partial charge in [-0.25, -0.2) is 4.79 Å². The Hall–Kier alpha value is -2.81. The number of carbonyl (C=O) groups is 1. The number of amides is 1. The number of nitrogens with zero attached hydrogens (tertiary/aromatic N) is 3. The number of para-hydroxylation sites is 2. The minimum absolute atomic E-state index is 0.200. The Bertz CT molecular complexity index is 1220. The summed E-state index contributed by atoms with van der Waals surface area (Å²) in [5, 5.41) is 23.0. The Labute approximate surface area is 256 Å². The van der Waals surface area contributed by atoms with Gasteiger partial charge in [-0.1, -0.05) is 12.1 Å². The summed E-state index contributed by atoms with van der Waals surface area (Å²) in [5.41, 5.74) is 3.81. The van der Waals surface area contributed by atoms with Crippen LogP contribution in [0.5, 0.6) is 0 Å². The summed E-state index contributed by atoms with van der Waals surface area (Å²) in [6.45, 7) is 5.29. The predicted molar refractivity (Wildman–Crippen MR) is 171 cm³/mol. The van der Waals surface area contributed by atoms with Crippen molar-refractivity contribution < 1.29 is 19.7 Å². The first kappa shape index (κ1) is 28.9. The largest absolute Gasteiger partial charge is 0.465 e. The number of aliphatic hydroxyl groups is 1. The SMILES string of the molecule is O=C(O)N1CCN(c2ccc(N3CCC(OC4CCNCC4)CC3)cc2)c2ccccc21.OC12CC3CC(CC(C3)C1)C2. The zero-order valence-electron chi connectivity index (χ0n) is 25.4. The van der Waals surface area contributed by atoms with Crippen molar-refractivity contribution in [1.29, 1.82) is 0 Å². The summed E-state index contributed by atoms with van der Waals surface area (Å²) in [6, 6.07) is 16.4. The van der Waals surface area contributed by atoms with Gasteiger partial charge >= 0.3 is 6.09 Å². The van der Waals surface area contributed by atoms with E-state index in [9.17, 15) is 15.0 Å². The van der Waals surface area contributed by atoms with Crippen LogP contribution in [0.1, 0.15) is 64.2 Å². The van der Waals surface area contributed by atoms with Crippen LogP contribution < -0.4 is 20.0 Å². The molecule has 0 aromatic heterocycles. The third kappa shape index (κ3) is 6.38. The van der Waals surface area contributed by atoms with Gasteiger partial charge in [0, 0.05) is 37.6 Å². The minimum Gasteiger partial charge on any atom is -0.465 e. The fourth-order valence-corrected chi connectivity index (χ4v) is 9.19. The van der Waals surface area contributed by atoms with Crippen molar-refractivity contribution in [1.82, 2.24) is 5.32 Å². The van der Waals surface area contributed by atoms with Gasteiger partial charge in [-0.05, 0) is 131 Å². The molecule has 0 radical (unpaired) electrons. The fraction of sp³-hybridized carbons (Fsp3) is 0.629. The predicted octanol–water partition coefficient (Wildman–Crippen LogP) is 6.01. The molecule has 3 N–H and O–H groups in total. The number of benzene rings is 2. The van der Waals surface area contributed by atoms with Gasteiger partial charge in [0.05, 0.1) is 29.2 Å². The Balaban J connectivity index is 0.000000225. The topological polar surface area (TPSA) is 88.5 Å². The molecule has 0 spiro atoms. The smallest absolute Gasteiger partial charge is 0.411 e. The maximum absolute atomic E-state index is 11.6. The number of nitrogens with one attached hydrogen (secondary N) is 1. The number of ether oxygens (including phenoxy) is 1. The Morgan fingerprint density at radius 1 is 0.744 bits per heavy atom. The first-order chi connectivity index (χ1) is 20.9. The van der Waals surface area contributed by atoms with Gasteiger partial charge < -0.3 is 30.1 Å². The van der Waals surface area contributed by atoms with E-state index in [1.54, 1.807) is 0 Å². The number of carboxylic acid groups (broad SMARTS) is 1. The summed E-state index contributed by atoms with van der Waals surface area (Å²) in [7, 11) is 0. The lowest BCUT2D eigenvalue weighted by Gasteiger charge is -2.54. The molecule has 43 heavy (non-hydrogen) atoms. The first-order valence-corrected chi connectivity index (χ1v) is 16.7. The van der Waals surface area contributed by atoms with Crippen LogP contribution in [0.2, 0.25) is 0 Å². The van der Waals surface area contributed by atoms with E-state index in [1.165, 1.54) is 29.8 Å². The van der Waals surface area contributed by atoms with E-state index in [0.29, 0.717) is 25.3 Å². The Kier molecular flexibility index (Phi) is 8.27. The van der Waals surface area contributed by atoms with Crippen molar-refractivity contribution in [3.8, 4) is 0 Å². The van der Waals surface area contributed by atoms with Crippen LogP contribution in [-0.4, -0.2) is 73.4 Å². The van der Waals surface area contributed by atoms with Gasteiger partial charge in [0.2, 0.25) is 0 Å². The zero-order valence-corrected chi connectivity index (χ0v) is 25.4. The van der Waals surface area contributed by atoms with E-state index in [2.05, 4.69) is 39.4 Å². The fourth-order valence-electron chi connectivity index (χ4n) is 9.19. The summed E-state index contributed by atoms with van der Waals surface area (Å²) in [4.78, 5) is 17.7. The van der Waals surface area contributed by atoms with Crippen molar-refractivity contribution in [2.75, 3.05) is 54.0 Å². The molecule has 232 valence electrons.